The molecule has 0 bridgehead atoms. The fourth-order valence-electron chi connectivity index (χ4n) is 4.16. The number of benzene rings is 1. The Hall–Kier alpha value is -2.75. The topological polar surface area (TPSA) is 101 Å². The van der Waals surface area contributed by atoms with Gasteiger partial charge in [-0.15, -0.1) is 0 Å². The van der Waals surface area contributed by atoms with Crippen LogP contribution in [-0.2, 0) is 17.6 Å². The fraction of sp³-hybridized carbons (Fsp3) is 0.435. The Balaban J connectivity index is 1.49. The number of hydrogen-bond acceptors (Lipinski definition) is 5. The van der Waals surface area contributed by atoms with Crippen LogP contribution in [0.5, 0.6) is 0 Å². The van der Waals surface area contributed by atoms with Gasteiger partial charge in [0, 0.05) is 51.8 Å². The van der Waals surface area contributed by atoms with E-state index in [1.54, 1.807) is 29.3 Å². The van der Waals surface area contributed by atoms with Crippen LogP contribution >= 0.6 is 11.6 Å². The molecule has 1 aromatic carbocycles. The number of carbonyl (C=O) groups excluding carboxylic acids is 2. The summed E-state index contributed by atoms with van der Waals surface area (Å²) in [6.45, 7) is 2.99. The van der Waals surface area contributed by atoms with Crippen LogP contribution in [0.25, 0.3) is 0 Å². The second kappa shape index (κ2) is 10.5. The van der Waals surface area contributed by atoms with Crippen LogP contribution in [0.4, 0.5) is 4.39 Å². The first kappa shape index (κ1) is 23.4. The van der Waals surface area contributed by atoms with Crippen LogP contribution in [0.15, 0.2) is 35.3 Å². The van der Waals surface area contributed by atoms with Crippen LogP contribution in [0.2, 0.25) is 0 Å². The smallest absolute Gasteiger partial charge is 0.268 e. The van der Waals surface area contributed by atoms with Gasteiger partial charge in [0.1, 0.15) is 23.1 Å². The first-order chi connectivity index (χ1) is 15.9. The highest BCUT2D eigenvalue weighted by Gasteiger charge is 2.30. The van der Waals surface area contributed by atoms with Gasteiger partial charge in [0.15, 0.2) is 0 Å². The number of halogens is 2. The molecule has 1 fully saturated rings. The number of rotatable bonds is 7. The molecule has 4 rings (SSSR count). The second-order valence-electron chi connectivity index (χ2n) is 8.29. The van der Waals surface area contributed by atoms with Crippen molar-refractivity contribution in [1.29, 1.82) is 0 Å². The molecule has 0 spiro atoms. The maximum atomic E-state index is 13.4. The Morgan fingerprint density at radius 2 is 1.97 bits per heavy atom. The molecular formula is C23H27ClFN5O3. The van der Waals surface area contributed by atoms with E-state index in [9.17, 15) is 14.0 Å². The number of piperazine rings is 1. The molecule has 10 heteroatoms. The first-order valence-electron chi connectivity index (χ1n) is 11.0. The van der Waals surface area contributed by atoms with Crippen LogP contribution in [-0.4, -0.2) is 88.8 Å². The molecule has 1 saturated heterocycles. The highest BCUT2D eigenvalue weighted by Crippen LogP contribution is 2.20. The Labute approximate surface area is 196 Å². The molecule has 176 valence electrons. The SMILES string of the molecule is O=C(N[C@@H](Cc1ccc(F)cc1)C(=O)N1CCN(CCO)CC1)c1cc2c([nH]1)C=NC(Cl)C2. The minimum absolute atomic E-state index is 0.0759. The number of alkyl halides is 1. The van der Waals surface area contributed by atoms with Crippen molar-refractivity contribution in [3.05, 3.63) is 58.7 Å². The summed E-state index contributed by atoms with van der Waals surface area (Å²) in [6.07, 6.45) is 2.38. The molecule has 2 atom stereocenters. The summed E-state index contributed by atoms with van der Waals surface area (Å²) < 4.78 is 13.4. The van der Waals surface area contributed by atoms with Crippen molar-refractivity contribution in [3.8, 4) is 0 Å². The third kappa shape index (κ3) is 5.79. The van der Waals surface area contributed by atoms with Gasteiger partial charge in [0.2, 0.25) is 5.91 Å². The van der Waals surface area contributed by atoms with Crippen LogP contribution < -0.4 is 5.32 Å². The van der Waals surface area contributed by atoms with Gasteiger partial charge in [-0.3, -0.25) is 19.5 Å². The lowest BCUT2D eigenvalue weighted by molar-refractivity contribution is -0.135. The second-order valence-corrected chi connectivity index (χ2v) is 8.79. The summed E-state index contributed by atoms with van der Waals surface area (Å²) in [7, 11) is 0. The van der Waals surface area contributed by atoms with Gasteiger partial charge in [-0.2, -0.15) is 0 Å². The number of fused-ring (bicyclic) bond motifs is 1. The maximum Gasteiger partial charge on any atom is 0.268 e. The number of aromatic amines is 1. The lowest BCUT2D eigenvalue weighted by atomic mass is 10.0. The van der Waals surface area contributed by atoms with Gasteiger partial charge in [-0.05, 0) is 29.3 Å². The standard InChI is InChI=1S/C23H27ClFN5O3/c24-21-13-16-12-18(27-20(16)14-26-21)22(32)28-19(11-15-1-3-17(25)4-2-15)23(33)30-7-5-29(6-8-30)9-10-31/h1-4,12,14,19,21,27,31H,5-11,13H2,(H,28,32)/t19-,21?/m0/s1. The Morgan fingerprint density at radius 3 is 2.67 bits per heavy atom. The van der Waals surface area contributed by atoms with Crippen molar-refractivity contribution in [2.45, 2.75) is 24.4 Å². The van der Waals surface area contributed by atoms with Gasteiger partial charge < -0.3 is 20.3 Å². The summed E-state index contributed by atoms with van der Waals surface area (Å²) in [4.78, 5) is 37.4. The average Bonchev–Trinajstić information content (AvgIpc) is 3.24. The summed E-state index contributed by atoms with van der Waals surface area (Å²) in [6, 6.07) is 6.84. The number of H-pyrrole nitrogens is 1. The van der Waals surface area contributed by atoms with Gasteiger partial charge in [0.25, 0.3) is 5.91 Å². The summed E-state index contributed by atoms with van der Waals surface area (Å²) in [5, 5.41) is 12.0. The molecule has 3 heterocycles. The molecule has 8 nitrogen and oxygen atoms in total. The molecule has 2 amide bonds. The number of aliphatic hydroxyl groups is 1. The first-order valence-corrected chi connectivity index (χ1v) is 11.4. The zero-order chi connectivity index (χ0) is 23.4. The molecule has 2 aliphatic rings. The number of amides is 2. The van der Waals surface area contributed by atoms with E-state index in [-0.39, 0.29) is 30.3 Å². The number of hydrogen-bond donors (Lipinski definition) is 3. The van der Waals surface area contributed by atoms with Crippen molar-refractivity contribution in [2.75, 3.05) is 39.3 Å². The van der Waals surface area contributed by atoms with E-state index in [2.05, 4.69) is 20.2 Å². The lowest BCUT2D eigenvalue weighted by Gasteiger charge is -2.36. The Morgan fingerprint density at radius 1 is 1.24 bits per heavy atom. The Bertz CT molecular complexity index is 1020. The molecule has 1 aromatic heterocycles. The minimum atomic E-state index is -0.804. The predicted molar refractivity (Wildman–Crippen MR) is 123 cm³/mol. The lowest BCUT2D eigenvalue weighted by Crippen LogP contribution is -2.55. The van der Waals surface area contributed by atoms with E-state index in [1.165, 1.54) is 12.1 Å². The molecular weight excluding hydrogens is 449 g/mol. The van der Waals surface area contributed by atoms with Crippen molar-refractivity contribution in [2.24, 2.45) is 4.99 Å². The number of nitrogens with one attached hydrogen (secondary N) is 2. The highest BCUT2D eigenvalue weighted by atomic mass is 35.5. The molecule has 0 aliphatic carbocycles. The number of nitrogens with zero attached hydrogens (tertiary/aromatic N) is 3. The number of aliphatic hydroxyl groups excluding tert-OH is 1. The van der Waals surface area contributed by atoms with E-state index in [1.807, 2.05) is 0 Å². The molecule has 1 unspecified atom stereocenters. The van der Waals surface area contributed by atoms with E-state index in [0.29, 0.717) is 44.8 Å². The summed E-state index contributed by atoms with van der Waals surface area (Å²) in [5.74, 6) is -0.944. The zero-order valence-electron chi connectivity index (χ0n) is 18.1. The van der Waals surface area contributed by atoms with E-state index < -0.39 is 11.9 Å². The van der Waals surface area contributed by atoms with E-state index in [4.69, 9.17) is 16.7 Å². The maximum absolute atomic E-state index is 13.4. The predicted octanol–water partition coefficient (Wildman–Crippen LogP) is 1.17. The Kier molecular flexibility index (Phi) is 7.42. The van der Waals surface area contributed by atoms with Gasteiger partial charge in [-0.25, -0.2) is 4.39 Å². The van der Waals surface area contributed by atoms with Gasteiger partial charge >= 0.3 is 0 Å². The molecule has 2 aliphatic heterocycles. The monoisotopic (exact) mass is 475 g/mol. The average molecular weight is 476 g/mol. The molecule has 0 radical (unpaired) electrons. The number of β-amino-alcohol motifs (C(OH)–C–C–N with tert-alkyl or cyclic N) is 1. The third-order valence-corrected chi connectivity index (χ3v) is 6.26. The molecule has 33 heavy (non-hydrogen) atoms. The van der Waals surface area contributed by atoms with Crippen molar-refractivity contribution < 1.29 is 19.1 Å². The third-order valence-electron chi connectivity index (χ3n) is 5.99. The zero-order valence-corrected chi connectivity index (χ0v) is 18.9. The normalized spacial score (nSPS) is 19.2. The van der Waals surface area contributed by atoms with Gasteiger partial charge in [-0.1, -0.05) is 23.7 Å². The molecule has 0 saturated carbocycles. The van der Waals surface area contributed by atoms with Crippen LogP contribution in [0.1, 0.15) is 27.3 Å². The van der Waals surface area contributed by atoms with Crippen molar-refractivity contribution >= 4 is 29.6 Å². The molecule has 3 N–H and O–H groups in total. The largest absolute Gasteiger partial charge is 0.395 e. The van der Waals surface area contributed by atoms with E-state index in [0.717, 1.165) is 16.8 Å². The fourth-order valence-corrected chi connectivity index (χ4v) is 4.38. The van der Waals surface area contributed by atoms with E-state index >= 15 is 0 Å². The van der Waals surface area contributed by atoms with Gasteiger partial charge in [0.05, 0.1) is 12.3 Å². The van der Waals surface area contributed by atoms with Crippen molar-refractivity contribution in [3.63, 3.8) is 0 Å². The number of aromatic nitrogens is 1. The summed E-state index contributed by atoms with van der Waals surface area (Å²) in [5.41, 5.74) is 2.36. The summed E-state index contributed by atoms with van der Waals surface area (Å²) >= 11 is 6.07. The number of aliphatic imine (C=N–C) groups is 1. The highest BCUT2D eigenvalue weighted by molar-refractivity contribution is 6.21. The van der Waals surface area contributed by atoms with Crippen LogP contribution in [0.3, 0.4) is 0 Å². The number of carbonyl (C=O) groups is 2. The quantitative estimate of drug-likeness (QED) is 0.413. The minimum Gasteiger partial charge on any atom is -0.395 e. The van der Waals surface area contributed by atoms with Crippen molar-refractivity contribution in [1.82, 2.24) is 20.1 Å². The van der Waals surface area contributed by atoms with Crippen LogP contribution in [0, 0.1) is 5.82 Å². The molecule has 2 aromatic rings.